The van der Waals surface area contributed by atoms with Crippen molar-refractivity contribution in [2.45, 2.75) is 25.0 Å². The van der Waals surface area contributed by atoms with Crippen LogP contribution in [-0.4, -0.2) is 45.7 Å². The lowest BCUT2D eigenvalue weighted by Crippen LogP contribution is -2.41. The Balaban J connectivity index is 2.11. The molecule has 1 aromatic carbocycles. The van der Waals surface area contributed by atoms with Gasteiger partial charge in [-0.2, -0.15) is 0 Å². The van der Waals surface area contributed by atoms with E-state index in [4.69, 9.17) is 28.3 Å². The lowest BCUT2D eigenvalue weighted by Gasteiger charge is -2.21. The molecule has 1 aromatic rings. The summed E-state index contributed by atoms with van der Waals surface area (Å²) in [5, 5.41) is 19.3. The number of rotatable bonds is 3. The van der Waals surface area contributed by atoms with E-state index in [1.165, 1.54) is 4.90 Å². The number of benzene rings is 1. The minimum atomic E-state index is -1.11. The minimum Gasteiger partial charge on any atom is -0.480 e. The lowest BCUT2D eigenvalue weighted by atomic mass is 10.1. The van der Waals surface area contributed by atoms with E-state index < -0.39 is 18.1 Å². The van der Waals surface area contributed by atoms with Crippen molar-refractivity contribution in [3.05, 3.63) is 33.8 Å². The van der Waals surface area contributed by atoms with E-state index in [1.807, 2.05) is 0 Å². The zero-order chi connectivity index (χ0) is 14.9. The molecule has 1 amide bonds. The summed E-state index contributed by atoms with van der Waals surface area (Å²) in [5.41, 5.74) is 0.648. The third kappa shape index (κ3) is 3.23. The monoisotopic (exact) mass is 317 g/mol. The highest BCUT2D eigenvalue weighted by Crippen LogP contribution is 2.24. The molecule has 0 spiro atoms. The fourth-order valence-corrected chi connectivity index (χ4v) is 2.57. The van der Waals surface area contributed by atoms with Gasteiger partial charge < -0.3 is 15.1 Å². The van der Waals surface area contributed by atoms with Crippen LogP contribution in [0.4, 0.5) is 0 Å². The van der Waals surface area contributed by atoms with Gasteiger partial charge in [-0.25, -0.2) is 4.79 Å². The number of halogens is 2. The molecule has 7 heteroatoms. The van der Waals surface area contributed by atoms with Crippen molar-refractivity contribution in [1.82, 2.24) is 4.90 Å². The smallest absolute Gasteiger partial charge is 0.326 e. The van der Waals surface area contributed by atoms with Crippen LogP contribution in [0.2, 0.25) is 10.0 Å². The average Bonchev–Trinajstić information content (AvgIpc) is 2.76. The van der Waals surface area contributed by atoms with E-state index in [2.05, 4.69) is 0 Å². The lowest BCUT2D eigenvalue weighted by molar-refractivity contribution is -0.148. The number of carbonyl (C=O) groups excluding carboxylic acids is 1. The molecule has 2 N–H and O–H groups in total. The first-order valence-corrected chi connectivity index (χ1v) is 6.78. The van der Waals surface area contributed by atoms with Crippen LogP contribution in [-0.2, 0) is 16.0 Å². The summed E-state index contributed by atoms with van der Waals surface area (Å²) in [4.78, 5) is 24.4. The quantitative estimate of drug-likeness (QED) is 0.887. The second-order valence-electron chi connectivity index (χ2n) is 4.71. The van der Waals surface area contributed by atoms with Crippen LogP contribution < -0.4 is 0 Å². The van der Waals surface area contributed by atoms with Crippen molar-refractivity contribution in [1.29, 1.82) is 0 Å². The maximum absolute atomic E-state index is 12.1. The standard InChI is InChI=1S/C13H13Cl2NO4/c14-9-2-1-7(3-10(9)15)4-12(18)16-6-8(17)5-11(16)13(19)20/h1-3,8,11,17H,4-6H2,(H,19,20)/t8-,11-/m0/s1. The zero-order valence-electron chi connectivity index (χ0n) is 10.4. The van der Waals surface area contributed by atoms with Gasteiger partial charge >= 0.3 is 5.97 Å². The van der Waals surface area contributed by atoms with Gasteiger partial charge in [0, 0.05) is 13.0 Å². The molecular formula is C13H13Cl2NO4. The molecule has 108 valence electrons. The van der Waals surface area contributed by atoms with Crippen LogP contribution >= 0.6 is 23.2 Å². The number of aliphatic hydroxyl groups is 1. The maximum Gasteiger partial charge on any atom is 0.326 e. The molecule has 0 radical (unpaired) electrons. The number of aliphatic hydroxyl groups excluding tert-OH is 1. The number of nitrogens with zero attached hydrogens (tertiary/aromatic N) is 1. The molecule has 1 aliphatic rings. The number of aliphatic carboxylic acids is 1. The van der Waals surface area contributed by atoms with Crippen LogP contribution in [0.15, 0.2) is 18.2 Å². The Morgan fingerprint density at radius 1 is 1.30 bits per heavy atom. The minimum absolute atomic E-state index is 0.0212. The van der Waals surface area contributed by atoms with Gasteiger partial charge in [0.1, 0.15) is 6.04 Å². The summed E-state index contributed by atoms with van der Waals surface area (Å²) in [7, 11) is 0. The topological polar surface area (TPSA) is 77.8 Å². The van der Waals surface area contributed by atoms with Crippen molar-refractivity contribution >= 4 is 35.1 Å². The molecular weight excluding hydrogens is 305 g/mol. The number of likely N-dealkylation sites (tertiary alicyclic amines) is 1. The summed E-state index contributed by atoms with van der Waals surface area (Å²) >= 11 is 11.7. The van der Waals surface area contributed by atoms with Gasteiger partial charge in [-0.1, -0.05) is 29.3 Å². The Hall–Kier alpha value is -1.30. The van der Waals surface area contributed by atoms with Crippen molar-refractivity contribution in [3.8, 4) is 0 Å². The predicted octanol–water partition coefficient (Wildman–Crippen LogP) is 1.58. The van der Waals surface area contributed by atoms with Gasteiger partial charge in [0.15, 0.2) is 0 Å². The second-order valence-corrected chi connectivity index (χ2v) is 5.53. The molecule has 1 saturated heterocycles. The first-order chi connectivity index (χ1) is 9.38. The highest BCUT2D eigenvalue weighted by Gasteiger charge is 2.38. The van der Waals surface area contributed by atoms with Gasteiger partial charge in [-0.15, -0.1) is 0 Å². The Kier molecular flexibility index (Phi) is 4.52. The molecule has 0 aliphatic carbocycles. The third-order valence-electron chi connectivity index (χ3n) is 3.22. The van der Waals surface area contributed by atoms with Crippen LogP contribution in [0.25, 0.3) is 0 Å². The highest BCUT2D eigenvalue weighted by atomic mass is 35.5. The summed E-state index contributed by atoms with van der Waals surface area (Å²) in [6, 6.07) is 3.85. The number of amides is 1. The maximum atomic E-state index is 12.1. The Labute approximate surface area is 125 Å². The van der Waals surface area contributed by atoms with Gasteiger partial charge in [0.2, 0.25) is 5.91 Å². The Morgan fingerprint density at radius 3 is 2.60 bits per heavy atom. The van der Waals surface area contributed by atoms with E-state index in [0.29, 0.717) is 15.6 Å². The first-order valence-electron chi connectivity index (χ1n) is 6.02. The van der Waals surface area contributed by atoms with Gasteiger partial charge in [-0.05, 0) is 17.7 Å². The molecule has 0 saturated carbocycles. The molecule has 20 heavy (non-hydrogen) atoms. The SMILES string of the molecule is O=C(O)[C@@H]1C[C@H](O)CN1C(=O)Cc1ccc(Cl)c(Cl)c1. The summed E-state index contributed by atoms with van der Waals surface area (Å²) in [6.07, 6.45) is -0.718. The first kappa shape index (κ1) is 15.1. The van der Waals surface area contributed by atoms with E-state index in [1.54, 1.807) is 18.2 Å². The zero-order valence-corrected chi connectivity index (χ0v) is 11.9. The van der Waals surface area contributed by atoms with Gasteiger partial charge in [-0.3, -0.25) is 4.79 Å². The number of carboxylic acids is 1. The number of β-amino-alcohol motifs (C(OH)–C–C–N with tert-alkyl or cyclic N) is 1. The third-order valence-corrected chi connectivity index (χ3v) is 3.96. The summed E-state index contributed by atoms with van der Waals surface area (Å²) in [6.45, 7) is 0.0388. The van der Waals surface area contributed by atoms with Crippen molar-refractivity contribution in [2.75, 3.05) is 6.54 Å². The predicted molar refractivity (Wildman–Crippen MR) is 73.9 cm³/mol. The van der Waals surface area contributed by atoms with E-state index in [0.717, 1.165) is 0 Å². The van der Waals surface area contributed by atoms with Crippen LogP contribution in [0.5, 0.6) is 0 Å². The van der Waals surface area contributed by atoms with Crippen LogP contribution in [0, 0.1) is 0 Å². The molecule has 2 atom stereocenters. The molecule has 1 fully saturated rings. The molecule has 1 aliphatic heterocycles. The molecule has 1 heterocycles. The van der Waals surface area contributed by atoms with Crippen molar-refractivity contribution in [2.24, 2.45) is 0 Å². The van der Waals surface area contributed by atoms with Crippen molar-refractivity contribution in [3.63, 3.8) is 0 Å². The number of hydrogen-bond acceptors (Lipinski definition) is 3. The second kappa shape index (κ2) is 5.99. The highest BCUT2D eigenvalue weighted by molar-refractivity contribution is 6.42. The van der Waals surface area contributed by atoms with Gasteiger partial charge in [0.25, 0.3) is 0 Å². The largest absolute Gasteiger partial charge is 0.480 e. The summed E-state index contributed by atoms with van der Waals surface area (Å²) in [5.74, 6) is -1.46. The molecule has 0 unspecified atom stereocenters. The average molecular weight is 318 g/mol. The Bertz CT molecular complexity index is 549. The van der Waals surface area contributed by atoms with Gasteiger partial charge in [0.05, 0.1) is 22.6 Å². The number of hydrogen-bond donors (Lipinski definition) is 2. The normalized spacial score (nSPS) is 22.1. The van der Waals surface area contributed by atoms with Crippen LogP contribution in [0.1, 0.15) is 12.0 Å². The van der Waals surface area contributed by atoms with Crippen molar-refractivity contribution < 1.29 is 19.8 Å². The molecule has 5 nitrogen and oxygen atoms in total. The molecule has 2 rings (SSSR count). The fourth-order valence-electron chi connectivity index (χ4n) is 2.25. The van der Waals surface area contributed by atoms with E-state index in [9.17, 15) is 14.7 Å². The molecule has 0 bridgehead atoms. The number of carbonyl (C=O) groups is 2. The Morgan fingerprint density at radius 2 is 2.00 bits per heavy atom. The fraction of sp³-hybridized carbons (Fsp3) is 0.385. The summed E-state index contributed by atoms with van der Waals surface area (Å²) < 4.78 is 0. The van der Waals surface area contributed by atoms with E-state index >= 15 is 0 Å². The molecule has 0 aromatic heterocycles. The number of carboxylic acid groups (broad SMARTS) is 1. The van der Waals surface area contributed by atoms with E-state index in [-0.39, 0.29) is 25.3 Å². The van der Waals surface area contributed by atoms with Crippen LogP contribution in [0.3, 0.4) is 0 Å².